The highest BCUT2D eigenvalue weighted by Gasteiger charge is 2.35. The molecule has 3 saturated heterocycles. The molecule has 1 aromatic carbocycles. The smallest absolute Gasteiger partial charge is 0.230 e. The van der Waals surface area contributed by atoms with Gasteiger partial charge < -0.3 is 4.42 Å². The standard InChI is InChI=1S/C18H24N4O/c1-14-19-20-18(23-14)13-21-9-16-7-8-17(12-21)22(11-16)10-15-5-3-2-4-6-15/h2-6,16-17H,7-13H2,1H3/t16-,17+/m0/s1. The monoisotopic (exact) mass is 312 g/mol. The molecule has 2 atom stereocenters. The van der Waals surface area contributed by atoms with E-state index in [9.17, 15) is 0 Å². The predicted molar refractivity (Wildman–Crippen MR) is 87.7 cm³/mol. The minimum absolute atomic E-state index is 0.637. The molecule has 0 unspecified atom stereocenters. The van der Waals surface area contributed by atoms with E-state index in [0.29, 0.717) is 11.9 Å². The fraction of sp³-hybridized carbons (Fsp3) is 0.556. The van der Waals surface area contributed by atoms with Crippen molar-refractivity contribution < 1.29 is 4.42 Å². The van der Waals surface area contributed by atoms with E-state index in [1.54, 1.807) is 0 Å². The number of fused-ring (bicyclic) bond motifs is 4. The van der Waals surface area contributed by atoms with Crippen LogP contribution in [0.15, 0.2) is 34.7 Å². The van der Waals surface area contributed by atoms with E-state index in [-0.39, 0.29) is 0 Å². The van der Waals surface area contributed by atoms with E-state index >= 15 is 0 Å². The summed E-state index contributed by atoms with van der Waals surface area (Å²) in [5, 5.41) is 8.10. The number of aromatic nitrogens is 2. The van der Waals surface area contributed by atoms with E-state index in [1.807, 2.05) is 6.92 Å². The second-order valence-electron chi connectivity index (χ2n) is 6.92. The Labute approximate surface area is 137 Å². The van der Waals surface area contributed by atoms with Crippen LogP contribution in [0, 0.1) is 12.8 Å². The first-order chi connectivity index (χ1) is 11.3. The van der Waals surface area contributed by atoms with Crippen molar-refractivity contribution in [3.05, 3.63) is 47.7 Å². The van der Waals surface area contributed by atoms with Crippen molar-refractivity contribution in [2.24, 2.45) is 5.92 Å². The largest absolute Gasteiger partial charge is 0.424 e. The molecule has 5 heteroatoms. The number of piperidine rings is 1. The zero-order chi connectivity index (χ0) is 15.6. The third-order valence-corrected chi connectivity index (χ3v) is 5.06. The van der Waals surface area contributed by atoms with E-state index in [1.165, 1.54) is 24.9 Å². The molecule has 3 aliphatic heterocycles. The van der Waals surface area contributed by atoms with E-state index in [4.69, 9.17) is 4.42 Å². The molecule has 4 heterocycles. The first-order valence-corrected chi connectivity index (χ1v) is 8.55. The Morgan fingerprint density at radius 3 is 2.70 bits per heavy atom. The number of hydrogen-bond acceptors (Lipinski definition) is 5. The van der Waals surface area contributed by atoms with Gasteiger partial charge in [-0.25, -0.2) is 0 Å². The first-order valence-electron chi connectivity index (χ1n) is 8.55. The van der Waals surface area contributed by atoms with Gasteiger partial charge in [-0.1, -0.05) is 30.3 Å². The van der Waals surface area contributed by atoms with Gasteiger partial charge in [0.05, 0.1) is 6.54 Å². The van der Waals surface area contributed by atoms with Crippen LogP contribution in [0.25, 0.3) is 0 Å². The summed E-state index contributed by atoms with van der Waals surface area (Å²) in [6.45, 7) is 7.15. The maximum Gasteiger partial charge on any atom is 0.230 e. The number of benzene rings is 1. The minimum Gasteiger partial charge on any atom is -0.424 e. The lowest BCUT2D eigenvalue weighted by Gasteiger charge is -2.36. The normalized spacial score (nSPS) is 25.6. The molecule has 122 valence electrons. The lowest BCUT2D eigenvalue weighted by molar-refractivity contribution is 0.122. The zero-order valence-corrected chi connectivity index (χ0v) is 13.7. The summed E-state index contributed by atoms with van der Waals surface area (Å²) in [4.78, 5) is 5.17. The summed E-state index contributed by atoms with van der Waals surface area (Å²) in [5.41, 5.74) is 1.42. The lowest BCUT2D eigenvalue weighted by atomic mass is 9.94. The number of nitrogens with zero attached hydrogens (tertiary/aromatic N) is 4. The third-order valence-electron chi connectivity index (χ3n) is 5.06. The third kappa shape index (κ3) is 3.46. The Morgan fingerprint density at radius 1 is 1.04 bits per heavy atom. The lowest BCUT2D eigenvalue weighted by Crippen LogP contribution is -2.43. The van der Waals surface area contributed by atoms with Crippen LogP contribution in [0.4, 0.5) is 0 Å². The van der Waals surface area contributed by atoms with E-state index in [2.05, 4.69) is 50.3 Å². The average Bonchev–Trinajstić information content (AvgIpc) is 2.77. The molecule has 1 aromatic heterocycles. The van der Waals surface area contributed by atoms with Gasteiger partial charge in [0, 0.05) is 39.1 Å². The van der Waals surface area contributed by atoms with Gasteiger partial charge in [-0.2, -0.15) is 0 Å². The van der Waals surface area contributed by atoms with Gasteiger partial charge in [0.2, 0.25) is 11.8 Å². The fourth-order valence-corrected chi connectivity index (χ4v) is 4.01. The summed E-state index contributed by atoms with van der Waals surface area (Å²) >= 11 is 0. The maximum absolute atomic E-state index is 5.56. The van der Waals surface area contributed by atoms with Crippen molar-refractivity contribution in [1.82, 2.24) is 20.0 Å². The Morgan fingerprint density at radius 2 is 1.91 bits per heavy atom. The molecule has 0 saturated carbocycles. The number of hydrogen-bond donors (Lipinski definition) is 0. The van der Waals surface area contributed by atoms with E-state index in [0.717, 1.165) is 38.0 Å². The van der Waals surface area contributed by atoms with Crippen molar-refractivity contribution in [1.29, 1.82) is 0 Å². The molecule has 3 aliphatic rings. The van der Waals surface area contributed by atoms with Crippen molar-refractivity contribution in [3.8, 4) is 0 Å². The molecular weight excluding hydrogens is 288 g/mol. The minimum atomic E-state index is 0.637. The number of rotatable bonds is 4. The molecule has 2 aromatic rings. The second-order valence-corrected chi connectivity index (χ2v) is 6.92. The maximum atomic E-state index is 5.56. The molecule has 0 N–H and O–H groups in total. The summed E-state index contributed by atoms with van der Waals surface area (Å²) in [6, 6.07) is 11.5. The SMILES string of the molecule is Cc1nnc(CN2C[C@@H]3CC[C@H](C2)N(Cc2ccccc2)C3)o1. The molecule has 5 rings (SSSR count). The van der Waals surface area contributed by atoms with Gasteiger partial charge in [-0.15, -0.1) is 10.2 Å². The Balaban J connectivity index is 1.44. The Kier molecular flexibility index (Phi) is 4.14. The Bertz CT molecular complexity index is 641. The van der Waals surface area contributed by atoms with Crippen LogP contribution >= 0.6 is 0 Å². The summed E-state index contributed by atoms with van der Waals surface area (Å²) in [5.74, 6) is 2.16. The Hall–Kier alpha value is -1.72. The average molecular weight is 312 g/mol. The van der Waals surface area contributed by atoms with Crippen LogP contribution < -0.4 is 0 Å². The zero-order valence-electron chi connectivity index (χ0n) is 13.7. The van der Waals surface area contributed by atoms with Crippen molar-refractivity contribution in [2.45, 2.75) is 38.9 Å². The van der Waals surface area contributed by atoms with Crippen LogP contribution in [0.2, 0.25) is 0 Å². The topological polar surface area (TPSA) is 45.4 Å². The van der Waals surface area contributed by atoms with Crippen molar-refractivity contribution in [2.75, 3.05) is 19.6 Å². The van der Waals surface area contributed by atoms with Crippen LogP contribution in [0.3, 0.4) is 0 Å². The highest BCUT2D eigenvalue weighted by atomic mass is 16.4. The van der Waals surface area contributed by atoms with Crippen LogP contribution in [0.5, 0.6) is 0 Å². The molecular formula is C18H24N4O. The second kappa shape index (κ2) is 6.42. The first kappa shape index (κ1) is 14.8. The number of aryl methyl sites for hydroxylation is 1. The molecule has 0 aliphatic carbocycles. The van der Waals surface area contributed by atoms with Gasteiger partial charge in [0.25, 0.3) is 0 Å². The van der Waals surface area contributed by atoms with Crippen LogP contribution in [0.1, 0.15) is 30.2 Å². The molecule has 0 radical (unpaired) electrons. The highest BCUT2D eigenvalue weighted by molar-refractivity contribution is 5.15. The molecule has 2 bridgehead atoms. The van der Waals surface area contributed by atoms with E-state index < -0.39 is 0 Å². The van der Waals surface area contributed by atoms with Crippen LogP contribution in [-0.2, 0) is 13.1 Å². The summed E-state index contributed by atoms with van der Waals surface area (Å²) in [7, 11) is 0. The molecule has 0 amide bonds. The molecule has 5 nitrogen and oxygen atoms in total. The molecule has 3 fully saturated rings. The van der Waals surface area contributed by atoms with Gasteiger partial charge in [-0.3, -0.25) is 9.80 Å². The van der Waals surface area contributed by atoms with Gasteiger partial charge >= 0.3 is 0 Å². The van der Waals surface area contributed by atoms with Crippen molar-refractivity contribution >= 4 is 0 Å². The summed E-state index contributed by atoms with van der Waals surface area (Å²) < 4.78 is 5.56. The van der Waals surface area contributed by atoms with Crippen molar-refractivity contribution in [3.63, 3.8) is 0 Å². The van der Waals surface area contributed by atoms with Gasteiger partial charge in [-0.05, 0) is 24.3 Å². The predicted octanol–water partition coefficient (Wildman–Crippen LogP) is 2.47. The summed E-state index contributed by atoms with van der Waals surface area (Å²) in [6.07, 6.45) is 2.65. The van der Waals surface area contributed by atoms with Gasteiger partial charge in [0.1, 0.15) is 0 Å². The fourth-order valence-electron chi connectivity index (χ4n) is 4.01. The molecule has 0 spiro atoms. The highest BCUT2D eigenvalue weighted by Crippen LogP contribution is 2.29. The van der Waals surface area contributed by atoms with Crippen LogP contribution in [-0.4, -0.2) is 45.7 Å². The molecule has 23 heavy (non-hydrogen) atoms. The quantitative estimate of drug-likeness (QED) is 0.868. The van der Waals surface area contributed by atoms with Gasteiger partial charge in [0.15, 0.2) is 0 Å².